The van der Waals surface area contributed by atoms with E-state index in [1.807, 2.05) is 26.1 Å². The zero-order valence-electron chi connectivity index (χ0n) is 15.6. The Kier molecular flexibility index (Phi) is 6.98. The number of fused-ring (bicyclic) bond motifs is 1. The van der Waals surface area contributed by atoms with Crippen molar-refractivity contribution in [2.75, 3.05) is 19.6 Å². The molecule has 0 saturated carbocycles. The molecule has 28 heavy (non-hydrogen) atoms. The predicted octanol–water partition coefficient (Wildman–Crippen LogP) is 3.05. The van der Waals surface area contributed by atoms with E-state index in [0.717, 1.165) is 22.3 Å². The van der Waals surface area contributed by atoms with Gasteiger partial charge >= 0.3 is 0 Å². The highest BCUT2D eigenvalue weighted by atomic mass is 35.5. The molecule has 1 saturated heterocycles. The van der Waals surface area contributed by atoms with Gasteiger partial charge in [-0.15, -0.1) is 24.8 Å². The third-order valence-corrected chi connectivity index (χ3v) is 4.85. The van der Waals surface area contributed by atoms with Crippen LogP contribution in [0.1, 0.15) is 27.7 Å². The summed E-state index contributed by atoms with van der Waals surface area (Å²) in [4.78, 5) is 19.4. The first-order chi connectivity index (χ1) is 12.5. The summed E-state index contributed by atoms with van der Waals surface area (Å²) in [6.07, 6.45) is 1.59. The van der Waals surface area contributed by atoms with Crippen LogP contribution >= 0.6 is 24.8 Å². The van der Waals surface area contributed by atoms with Gasteiger partial charge < -0.3 is 10.2 Å². The van der Waals surface area contributed by atoms with Gasteiger partial charge in [0.2, 0.25) is 0 Å². The lowest BCUT2D eigenvalue weighted by Gasteiger charge is -2.36. The van der Waals surface area contributed by atoms with Crippen molar-refractivity contribution < 1.29 is 9.18 Å². The molecule has 1 amide bonds. The average molecular weight is 426 g/mol. The van der Waals surface area contributed by atoms with E-state index in [4.69, 9.17) is 0 Å². The van der Waals surface area contributed by atoms with Crippen molar-refractivity contribution in [3.05, 3.63) is 59.2 Å². The molecule has 150 valence electrons. The minimum absolute atomic E-state index is 0. The Morgan fingerprint density at radius 3 is 2.82 bits per heavy atom. The van der Waals surface area contributed by atoms with Crippen LogP contribution < -0.4 is 5.32 Å². The van der Waals surface area contributed by atoms with Crippen LogP contribution in [0.3, 0.4) is 0 Å². The standard InChI is InChI=1S/C19H20FN5O.2ClH/c1-12-16-9-14(10-22-18(16)24(2)23-12)19(26)25-7-6-21-11-17(25)13-4-3-5-15(20)8-13;;/h3-5,8-10,17,21H,6-7,11H2,1-2H3;2*1H. The summed E-state index contributed by atoms with van der Waals surface area (Å²) in [5.74, 6) is -0.395. The number of carbonyl (C=O) groups is 1. The van der Waals surface area contributed by atoms with Crippen molar-refractivity contribution in [3.8, 4) is 0 Å². The SMILES string of the molecule is Cc1nn(C)c2ncc(C(=O)N3CCNCC3c3cccc(F)c3)cc12.Cl.Cl. The van der Waals surface area contributed by atoms with Gasteiger partial charge in [-0.1, -0.05) is 12.1 Å². The highest BCUT2D eigenvalue weighted by Gasteiger charge is 2.29. The highest BCUT2D eigenvalue weighted by molar-refractivity contribution is 5.97. The van der Waals surface area contributed by atoms with Crippen LogP contribution in [-0.4, -0.2) is 45.2 Å². The molecule has 0 radical (unpaired) electrons. The molecule has 1 N–H and O–H groups in total. The number of carbonyl (C=O) groups excluding carboxylic acids is 1. The van der Waals surface area contributed by atoms with Crippen molar-refractivity contribution in [2.24, 2.45) is 7.05 Å². The van der Waals surface area contributed by atoms with Crippen molar-refractivity contribution in [2.45, 2.75) is 13.0 Å². The maximum atomic E-state index is 13.7. The summed E-state index contributed by atoms with van der Waals surface area (Å²) < 4.78 is 15.4. The maximum absolute atomic E-state index is 13.7. The van der Waals surface area contributed by atoms with Crippen molar-refractivity contribution in [1.82, 2.24) is 25.0 Å². The lowest BCUT2D eigenvalue weighted by molar-refractivity contribution is 0.0633. The van der Waals surface area contributed by atoms with Crippen LogP contribution in [0.15, 0.2) is 36.5 Å². The molecular weight excluding hydrogens is 404 g/mol. The molecule has 0 bridgehead atoms. The number of nitrogens with zero attached hydrogens (tertiary/aromatic N) is 4. The molecule has 0 spiro atoms. The van der Waals surface area contributed by atoms with E-state index in [2.05, 4.69) is 15.4 Å². The molecule has 6 nitrogen and oxygen atoms in total. The van der Waals surface area contributed by atoms with Crippen LogP contribution in [0.25, 0.3) is 11.0 Å². The Labute approximate surface area is 174 Å². The van der Waals surface area contributed by atoms with Gasteiger partial charge in [-0.25, -0.2) is 9.37 Å². The van der Waals surface area contributed by atoms with Gasteiger partial charge in [0, 0.05) is 38.3 Å². The third kappa shape index (κ3) is 3.97. The number of aryl methyl sites for hydroxylation is 2. The topological polar surface area (TPSA) is 63.1 Å². The van der Waals surface area contributed by atoms with Gasteiger partial charge in [0.25, 0.3) is 5.91 Å². The average Bonchev–Trinajstić information content (AvgIpc) is 2.94. The number of pyridine rings is 1. The molecule has 3 heterocycles. The van der Waals surface area contributed by atoms with Crippen molar-refractivity contribution in [3.63, 3.8) is 0 Å². The third-order valence-electron chi connectivity index (χ3n) is 4.85. The number of aromatic nitrogens is 3. The summed E-state index contributed by atoms with van der Waals surface area (Å²) in [7, 11) is 1.83. The van der Waals surface area contributed by atoms with E-state index in [1.54, 1.807) is 21.8 Å². The summed E-state index contributed by atoms with van der Waals surface area (Å²) in [5.41, 5.74) is 2.90. The largest absolute Gasteiger partial charge is 0.329 e. The molecule has 2 aromatic heterocycles. The Bertz CT molecular complexity index is 994. The van der Waals surface area contributed by atoms with E-state index in [1.165, 1.54) is 12.1 Å². The fourth-order valence-electron chi connectivity index (χ4n) is 3.55. The molecule has 1 unspecified atom stereocenters. The lowest BCUT2D eigenvalue weighted by atomic mass is 10.0. The van der Waals surface area contributed by atoms with E-state index < -0.39 is 0 Å². The maximum Gasteiger partial charge on any atom is 0.256 e. The number of rotatable bonds is 2. The first kappa shape index (κ1) is 22.1. The Morgan fingerprint density at radius 1 is 1.29 bits per heavy atom. The summed E-state index contributed by atoms with van der Waals surface area (Å²) in [6.45, 7) is 3.76. The Hall–Kier alpha value is -2.22. The molecule has 1 aromatic carbocycles. The number of halogens is 3. The fraction of sp³-hybridized carbons (Fsp3) is 0.316. The normalized spacial score (nSPS) is 16.4. The van der Waals surface area contributed by atoms with Crippen LogP contribution in [0, 0.1) is 12.7 Å². The van der Waals surface area contributed by atoms with Gasteiger partial charge in [-0.05, 0) is 30.7 Å². The molecule has 0 aliphatic carbocycles. The Morgan fingerprint density at radius 2 is 2.07 bits per heavy atom. The number of piperazine rings is 1. The van der Waals surface area contributed by atoms with E-state index >= 15 is 0 Å². The van der Waals surface area contributed by atoms with Gasteiger partial charge in [0.15, 0.2) is 5.65 Å². The lowest BCUT2D eigenvalue weighted by Crippen LogP contribution is -2.48. The Balaban J connectivity index is 0.00000140. The quantitative estimate of drug-likeness (QED) is 0.685. The first-order valence-corrected chi connectivity index (χ1v) is 8.61. The zero-order chi connectivity index (χ0) is 18.3. The van der Waals surface area contributed by atoms with Crippen LogP contribution in [-0.2, 0) is 7.05 Å². The first-order valence-electron chi connectivity index (χ1n) is 8.61. The molecule has 1 aliphatic rings. The molecule has 1 fully saturated rings. The summed E-state index contributed by atoms with van der Waals surface area (Å²) in [6, 6.07) is 8.07. The highest BCUT2D eigenvalue weighted by Crippen LogP contribution is 2.26. The number of nitrogens with one attached hydrogen (secondary N) is 1. The second kappa shape index (κ2) is 8.86. The monoisotopic (exact) mass is 425 g/mol. The van der Waals surface area contributed by atoms with Crippen LogP contribution in [0.4, 0.5) is 4.39 Å². The summed E-state index contributed by atoms with van der Waals surface area (Å²) in [5, 5.41) is 8.51. The fourth-order valence-corrected chi connectivity index (χ4v) is 3.55. The predicted molar refractivity (Wildman–Crippen MR) is 111 cm³/mol. The van der Waals surface area contributed by atoms with Gasteiger partial charge in [0.05, 0.1) is 17.3 Å². The molecule has 1 aliphatic heterocycles. The number of hydrogen-bond donors (Lipinski definition) is 1. The van der Waals surface area contributed by atoms with Crippen LogP contribution in [0.5, 0.6) is 0 Å². The number of hydrogen-bond acceptors (Lipinski definition) is 4. The van der Waals surface area contributed by atoms with E-state index in [0.29, 0.717) is 25.2 Å². The van der Waals surface area contributed by atoms with E-state index in [-0.39, 0.29) is 42.6 Å². The van der Waals surface area contributed by atoms with Crippen molar-refractivity contribution >= 4 is 41.8 Å². The van der Waals surface area contributed by atoms with Gasteiger partial charge in [-0.3, -0.25) is 9.48 Å². The van der Waals surface area contributed by atoms with E-state index in [9.17, 15) is 9.18 Å². The molecule has 4 rings (SSSR count). The number of benzene rings is 1. The summed E-state index contributed by atoms with van der Waals surface area (Å²) >= 11 is 0. The minimum atomic E-state index is -0.297. The van der Waals surface area contributed by atoms with Gasteiger partial charge in [-0.2, -0.15) is 5.10 Å². The molecular formula is C19H22Cl2FN5O. The molecule has 9 heteroatoms. The zero-order valence-corrected chi connectivity index (χ0v) is 17.2. The second-order valence-electron chi connectivity index (χ2n) is 6.58. The second-order valence-corrected chi connectivity index (χ2v) is 6.58. The van der Waals surface area contributed by atoms with Crippen LogP contribution in [0.2, 0.25) is 0 Å². The van der Waals surface area contributed by atoms with Gasteiger partial charge in [0.1, 0.15) is 5.82 Å². The minimum Gasteiger partial charge on any atom is -0.329 e. The molecule has 3 aromatic rings. The molecule has 1 atom stereocenters. The smallest absolute Gasteiger partial charge is 0.256 e. The number of amides is 1. The van der Waals surface area contributed by atoms with Crippen molar-refractivity contribution in [1.29, 1.82) is 0 Å².